The molecule has 19 heavy (non-hydrogen) atoms. The number of nitrogens with zero attached hydrogens (tertiary/aromatic N) is 3. The van der Waals surface area contributed by atoms with E-state index in [-0.39, 0.29) is 17.5 Å². The fourth-order valence-electron chi connectivity index (χ4n) is 2.16. The molecule has 3 N–H and O–H groups in total. The lowest BCUT2D eigenvalue weighted by Gasteiger charge is -2.25. The first-order valence-corrected chi connectivity index (χ1v) is 8.05. The highest BCUT2D eigenvalue weighted by molar-refractivity contribution is 7.91. The number of anilines is 2. The maximum Gasteiger partial charge on any atom is 0.152 e. The molecule has 2 heterocycles. The molecule has 1 aromatic heterocycles. The number of hydrazine groups is 1. The van der Waals surface area contributed by atoms with Crippen molar-refractivity contribution in [3.8, 4) is 0 Å². The van der Waals surface area contributed by atoms with Crippen LogP contribution in [0.5, 0.6) is 0 Å². The summed E-state index contributed by atoms with van der Waals surface area (Å²) in [5.74, 6) is 7.72. The van der Waals surface area contributed by atoms with Crippen molar-refractivity contribution >= 4 is 21.5 Å². The molecule has 8 heteroatoms. The van der Waals surface area contributed by atoms with Crippen LogP contribution in [0.2, 0.25) is 0 Å². The van der Waals surface area contributed by atoms with Crippen molar-refractivity contribution in [2.75, 3.05) is 28.9 Å². The van der Waals surface area contributed by atoms with Crippen molar-refractivity contribution in [1.82, 2.24) is 9.97 Å². The quantitative estimate of drug-likeness (QED) is 0.590. The van der Waals surface area contributed by atoms with Gasteiger partial charge in [-0.3, -0.25) is 0 Å². The van der Waals surface area contributed by atoms with Crippen molar-refractivity contribution in [3.05, 3.63) is 11.9 Å². The van der Waals surface area contributed by atoms with Crippen LogP contribution in [0.4, 0.5) is 11.6 Å². The zero-order valence-electron chi connectivity index (χ0n) is 11.1. The molecule has 1 aliphatic heterocycles. The van der Waals surface area contributed by atoms with Crippen LogP contribution in [0.25, 0.3) is 0 Å². The minimum Gasteiger partial charge on any atom is -0.355 e. The van der Waals surface area contributed by atoms with Crippen molar-refractivity contribution in [3.63, 3.8) is 0 Å². The Bertz CT molecular complexity index is 538. The molecule has 0 amide bonds. The van der Waals surface area contributed by atoms with Gasteiger partial charge in [0.1, 0.15) is 17.5 Å². The Morgan fingerprint density at radius 2 is 2.26 bits per heavy atom. The van der Waals surface area contributed by atoms with Gasteiger partial charge in [0.25, 0.3) is 0 Å². The number of hydrogen-bond acceptors (Lipinski definition) is 7. The molecular weight excluding hydrogens is 266 g/mol. The zero-order chi connectivity index (χ0) is 14.0. The molecule has 1 fully saturated rings. The predicted molar refractivity (Wildman–Crippen MR) is 74.7 cm³/mol. The minimum atomic E-state index is -2.91. The maximum absolute atomic E-state index is 11.5. The molecule has 0 aliphatic carbocycles. The molecule has 0 spiro atoms. The average molecular weight is 285 g/mol. The predicted octanol–water partition coefficient (Wildman–Crippen LogP) is -0.0521. The van der Waals surface area contributed by atoms with Gasteiger partial charge >= 0.3 is 0 Å². The van der Waals surface area contributed by atoms with Crippen LogP contribution >= 0.6 is 0 Å². The summed E-state index contributed by atoms with van der Waals surface area (Å²) >= 11 is 0. The smallest absolute Gasteiger partial charge is 0.152 e. The number of nitrogens with one attached hydrogen (secondary N) is 1. The highest BCUT2D eigenvalue weighted by Crippen LogP contribution is 2.23. The van der Waals surface area contributed by atoms with Crippen LogP contribution in [-0.4, -0.2) is 43.0 Å². The molecular formula is C11H19N5O2S. The number of nitrogen functional groups attached to an aromatic ring is 1. The molecule has 2 rings (SSSR count). The summed E-state index contributed by atoms with van der Waals surface area (Å²) in [7, 11) is -1.05. The summed E-state index contributed by atoms with van der Waals surface area (Å²) in [5, 5.41) is 0. The Kier molecular flexibility index (Phi) is 3.91. The minimum absolute atomic E-state index is 0.0322. The molecule has 106 valence electrons. The topological polar surface area (TPSA) is 101 Å². The molecule has 1 unspecified atom stereocenters. The molecule has 0 saturated carbocycles. The second kappa shape index (κ2) is 5.30. The second-order valence-corrected chi connectivity index (χ2v) is 6.92. The van der Waals surface area contributed by atoms with Gasteiger partial charge in [0.05, 0.1) is 11.5 Å². The largest absolute Gasteiger partial charge is 0.355 e. The third kappa shape index (κ3) is 3.13. The van der Waals surface area contributed by atoms with Gasteiger partial charge in [-0.25, -0.2) is 24.2 Å². The highest BCUT2D eigenvalue weighted by Gasteiger charge is 2.31. The van der Waals surface area contributed by atoms with Gasteiger partial charge in [0.15, 0.2) is 9.84 Å². The highest BCUT2D eigenvalue weighted by atomic mass is 32.2. The summed E-state index contributed by atoms with van der Waals surface area (Å²) < 4.78 is 23.1. The van der Waals surface area contributed by atoms with Gasteiger partial charge < -0.3 is 10.3 Å². The number of rotatable bonds is 4. The number of aryl methyl sites for hydroxylation is 1. The molecule has 1 atom stereocenters. The number of hydrogen-bond donors (Lipinski definition) is 2. The third-order valence-corrected chi connectivity index (χ3v) is 5.09. The first-order chi connectivity index (χ1) is 8.95. The lowest BCUT2D eigenvalue weighted by molar-refractivity contribution is 0.600. The van der Waals surface area contributed by atoms with E-state index in [1.54, 1.807) is 6.07 Å². The lowest BCUT2D eigenvalue weighted by atomic mass is 10.2. The first kappa shape index (κ1) is 14.0. The monoisotopic (exact) mass is 285 g/mol. The normalized spacial score (nSPS) is 21.3. The van der Waals surface area contributed by atoms with E-state index in [4.69, 9.17) is 5.84 Å². The number of sulfone groups is 1. The molecule has 0 bridgehead atoms. The Balaban J connectivity index is 2.26. The van der Waals surface area contributed by atoms with Gasteiger partial charge in [-0.1, -0.05) is 6.92 Å². The van der Waals surface area contributed by atoms with Gasteiger partial charge in [0.2, 0.25) is 0 Å². The summed E-state index contributed by atoms with van der Waals surface area (Å²) in [6.45, 7) is 1.96. The Labute approximate surface area is 113 Å². The van der Waals surface area contributed by atoms with E-state index in [1.165, 1.54) is 0 Å². The van der Waals surface area contributed by atoms with E-state index >= 15 is 0 Å². The SMILES string of the molecule is CCc1nc(NN)cc(N(C)C2CCS(=O)(=O)C2)n1. The molecule has 1 aromatic rings. The molecule has 0 radical (unpaired) electrons. The van der Waals surface area contributed by atoms with E-state index in [1.807, 2.05) is 18.9 Å². The van der Waals surface area contributed by atoms with E-state index < -0.39 is 9.84 Å². The van der Waals surface area contributed by atoms with Crippen LogP contribution in [-0.2, 0) is 16.3 Å². The van der Waals surface area contributed by atoms with Crippen LogP contribution in [0.1, 0.15) is 19.2 Å². The van der Waals surface area contributed by atoms with E-state index in [9.17, 15) is 8.42 Å². The zero-order valence-corrected chi connectivity index (χ0v) is 11.9. The van der Waals surface area contributed by atoms with Crippen LogP contribution in [0, 0.1) is 0 Å². The maximum atomic E-state index is 11.5. The third-order valence-electron chi connectivity index (χ3n) is 3.34. The summed E-state index contributed by atoms with van der Waals surface area (Å²) in [5.41, 5.74) is 2.51. The molecule has 0 aromatic carbocycles. The Morgan fingerprint density at radius 1 is 1.53 bits per heavy atom. The van der Waals surface area contributed by atoms with Crippen LogP contribution in [0.15, 0.2) is 6.07 Å². The van der Waals surface area contributed by atoms with Crippen molar-refractivity contribution in [2.24, 2.45) is 5.84 Å². The van der Waals surface area contributed by atoms with Crippen molar-refractivity contribution in [1.29, 1.82) is 0 Å². The number of nitrogens with two attached hydrogens (primary N) is 1. The van der Waals surface area contributed by atoms with E-state index in [0.29, 0.717) is 30.3 Å². The van der Waals surface area contributed by atoms with Gasteiger partial charge in [0, 0.05) is 25.6 Å². The fourth-order valence-corrected chi connectivity index (χ4v) is 3.94. The second-order valence-electron chi connectivity index (χ2n) is 4.69. The first-order valence-electron chi connectivity index (χ1n) is 6.23. The Hall–Kier alpha value is -1.41. The standard InChI is InChI=1S/C11H19N5O2S/c1-3-9-13-10(15-12)6-11(14-9)16(2)8-4-5-19(17,18)7-8/h6,8H,3-5,7,12H2,1-2H3,(H,13,14,15). The number of aromatic nitrogens is 2. The average Bonchev–Trinajstić information content (AvgIpc) is 2.77. The molecule has 1 aliphatic rings. The van der Waals surface area contributed by atoms with Gasteiger partial charge in [-0.15, -0.1) is 0 Å². The van der Waals surface area contributed by atoms with Crippen molar-refractivity contribution in [2.45, 2.75) is 25.8 Å². The molecule has 1 saturated heterocycles. The van der Waals surface area contributed by atoms with Crippen LogP contribution in [0.3, 0.4) is 0 Å². The van der Waals surface area contributed by atoms with Gasteiger partial charge in [-0.05, 0) is 6.42 Å². The fraction of sp³-hybridized carbons (Fsp3) is 0.636. The summed E-state index contributed by atoms with van der Waals surface area (Å²) in [6, 6.07) is 1.69. The summed E-state index contributed by atoms with van der Waals surface area (Å²) in [4.78, 5) is 10.5. The summed E-state index contributed by atoms with van der Waals surface area (Å²) in [6.07, 6.45) is 1.33. The van der Waals surface area contributed by atoms with E-state index in [2.05, 4.69) is 15.4 Å². The van der Waals surface area contributed by atoms with Gasteiger partial charge in [-0.2, -0.15) is 0 Å². The van der Waals surface area contributed by atoms with Crippen molar-refractivity contribution < 1.29 is 8.42 Å². The lowest BCUT2D eigenvalue weighted by Crippen LogP contribution is -2.33. The van der Waals surface area contributed by atoms with Crippen LogP contribution < -0.4 is 16.2 Å². The van der Waals surface area contributed by atoms with E-state index in [0.717, 1.165) is 0 Å². The Morgan fingerprint density at radius 3 is 2.79 bits per heavy atom. The molecule has 7 nitrogen and oxygen atoms in total.